The number of hydrogen-bond acceptors (Lipinski definition) is 5. The fourth-order valence-corrected chi connectivity index (χ4v) is 4.08. The third-order valence-corrected chi connectivity index (χ3v) is 5.15. The Morgan fingerprint density at radius 1 is 1.55 bits per heavy atom. The van der Waals surface area contributed by atoms with Crippen LogP contribution in [0, 0.1) is 5.92 Å². The summed E-state index contributed by atoms with van der Waals surface area (Å²) in [5.74, 6) is 0.646. The van der Waals surface area contributed by atoms with Gasteiger partial charge in [-0.05, 0) is 28.8 Å². The molecule has 1 aromatic heterocycles. The summed E-state index contributed by atoms with van der Waals surface area (Å²) in [5.41, 5.74) is 1.39. The molecule has 2 aliphatic heterocycles. The first kappa shape index (κ1) is 15.9. The second kappa shape index (κ2) is 7.55. The van der Waals surface area contributed by atoms with Crippen molar-refractivity contribution in [3.05, 3.63) is 22.4 Å². The third kappa shape index (κ3) is 4.07. The van der Waals surface area contributed by atoms with Crippen LogP contribution in [0.4, 0.5) is 0 Å². The van der Waals surface area contributed by atoms with Gasteiger partial charge < -0.3 is 14.8 Å². The Morgan fingerprint density at radius 2 is 2.45 bits per heavy atom. The Bertz CT molecular complexity index is 466. The van der Waals surface area contributed by atoms with Gasteiger partial charge in [0.1, 0.15) is 0 Å². The van der Waals surface area contributed by atoms with Gasteiger partial charge in [-0.2, -0.15) is 11.3 Å². The van der Waals surface area contributed by atoms with Crippen molar-refractivity contribution >= 4 is 17.2 Å². The number of ether oxygens (including phenoxy) is 2. The smallest absolute Gasteiger partial charge is 0.222 e. The Kier molecular flexibility index (Phi) is 5.46. The molecular weight excluding hydrogens is 300 g/mol. The number of carbonyl (C=O) groups excluding carboxylic acids is 1. The first-order valence-corrected chi connectivity index (χ1v) is 8.83. The number of hydrogen-bond donors (Lipinski definition) is 1. The van der Waals surface area contributed by atoms with Gasteiger partial charge >= 0.3 is 0 Å². The molecule has 1 amide bonds. The summed E-state index contributed by atoms with van der Waals surface area (Å²) in [7, 11) is 1.63. The standard InChI is InChI=1S/C16H24N2O3S/c1-20-4-3-17-16(19)7-14-6-13-9-18(10-15(13)21-14)8-12-2-5-22-11-12/h2,5,11,13-15H,3-4,6-10H2,1H3,(H,17,19)/t13-,14+,15+/m1/s1. The van der Waals surface area contributed by atoms with E-state index in [1.165, 1.54) is 5.56 Å². The van der Waals surface area contributed by atoms with Crippen LogP contribution >= 0.6 is 11.3 Å². The molecule has 6 heteroatoms. The molecule has 0 aliphatic carbocycles. The molecule has 2 fully saturated rings. The zero-order valence-corrected chi connectivity index (χ0v) is 13.8. The van der Waals surface area contributed by atoms with E-state index in [1.54, 1.807) is 18.4 Å². The summed E-state index contributed by atoms with van der Waals surface area (Å²) in [6.45, 7) is 4.22. The Hall–Kier alpha value is -0.950. The van der Waals surface area contributed by atoms with Gasteiger partial charge in [0, 0.05) is 39.2 Å². The summed E-state index contributed by atoms with van der Waals surface area (Å²) in [6, 6.07) is 2.19. The maximum atomic E-state index is 11.8. The molecule has 0 bridgehead atoms. The van der Waals surface area contributed by atoms with Crippen molar-refractivity contribution in [3.63, 3.8) is 0 Å². The molecule has 0 saturated carbocycles. The minimum atomic E-state index is 0.0668. The van der Waals surface area contributed by atoms with Crippen LogP contribution in [-0.2, 0) is 20.8 Å². The monoisotopic (exact) mass is 324 g/mol. The van der Waals surface area contributed by atoms with Crippen LogP contribution in [0.15, 0.2) is 16.8 Å². The SMILES string of the molecule is COCCNC(=O)C[C@@H]1C[C@@H]2CN(Cc3ccsc3)C[C@@H]2O1. The van der Waals surface area contributed by atoms with Gasteiger partial charge in [-0.25, -0.2) is 0 Å². The molecule has 3 heterocycles. The van der Waals surface area contributed by atoms with Crippen LogP contribution in [0.25, 0.3) is 0 Å². The number of likely N-dealkylation sites (tertiary alicyclic amines) is 1. The van der Waals surface area contributed by atoms with E-state index in [1.807, 2.05) is 0 Å². The fraction of sp³-hybridized carbons (Fsp3) is 0.688. The van der Waals surface area contributed by atoms with Gasteiger partial charge in [0.05, 0.1) is 25.2 Å². The maximum Gasteiger partial charge on any atom is 0.222 e. The van der Waals surface area contributed by atoms with Gasteiger partial charge in [-0.15, -0.1) is 0 Å². The van der Waals surface area contributed by atoms with Gasteiger partial charge in [0.25, 0.3) is 0 Å². The van der Waals surface area contributed by atoms with Gasteiger partial charge in [0.15, 0.2) is 0 Å². The highest BCUT2D eigenvalue weighted by molar-refractivity contribution is 7.07. The molecule has 1 N–H and O–H groups in total. The number of fused-ring (bicyclic) bond motifs is 1. The summed E-state index contributed by atoms with van der Waals surface area (Å²) >= 11 is 1.75. The fourth-order valence-electron chi connectivity index (χ4n) is 3.42. The van der Waals surface area contributed by atoms with E-state index in [9.17, 15) is 4.79 Å². The average molecular weight is 324 g/mol. The van der Waals surface area contributed by atoms with E-state index >= 15 is 0 Å². The first-order chi connectivity index (χ1) is 10.7. The van der Waals surface area contributed by atoms with E-state index in [2.05, 4.69) is 27.0 Å². The molecule has 22 heavy (non-hydrogen) atoms. The topological polar surface area (TPSA) is 50.8 Å². The van der Waals surface area contributed by atoms with Crippen LogP contribution < -0.4 is 5.32 Å². The normalized spacial score (nSPS) is 28.0. The molecule has 2 saturated heterocycles. The molecule has 122 valence electrons. The second-order valence-corrected chi connectivity index (χ2v) is 6.94. The molecule has 3 rings (SSSR count). The highest BCUT2D eigenvalue weighted by Gasteiger charge is 2.42. The van der Waals surface area contributed by atoms with Crippen molar-refractivity contribution in [1.29, 1.82) is 0 Å². The predicted molar refractivity (Wildman–Crippen MR) is 85.9 cm³/mol. The molecule has 0 radical (unpaired) electrons. The average Bonchev–Trinajstić information content (AvgIpc) is 3.16. The molecule has 5 nitrogen and oxygen atoms in total. The highest BCUT2D eigenvalue weighted by atomic mass is 32.1. The van der Waals surface area contributed by atoms with Crippen molar-refractivity contribution in [2.75, 3.05) is 33.4 Å². The van der Waals surface area contributed by atoms with Crippen molar-refractivity contribution in [1.82, 2.24) is 10.2 Å². The second-order valence-electron chi connectivity index (χ2n) is 6.16. The highest BCUT2D eigenvalue weighted by Crippen LogP contribution is 2.34. The number of amides is 1. The zero-order valence-electron chi connectivity index (χ0n) is 13.0. The number of nitrogens with zero attached hydrogens (tertiary/aromatic N) is 1. The first-order valence-electron chi connectivity index (χ1n) is 7.89. The van der Waals surface area contributed by atoms with Crippen LogP contribution in [0.5, 0.6) is 0 Å². The van der Waals surface area contributed by atoms with E-state index in [0.717, 1.165) is 26.1 Å². The summed E-state index contributed by atoms with van der Waals surface area (Å²) in [5, 5.41) is 7.20. The van der Waals surface area contributed by atoms with E-state index in [4.69, 9.17) is 9.47 Å². The van der Waals surface area contributed by atoms with Crippen molar-refractivity contribution < 1.29 is 14.3 Å². The Morgan fingerprint density at radius 3 is 3.18 bits per heavy atom. The molecule has 0 unspecified atom stereocenters. The molecular formula is C16H24N2O3S. The van der Waals surface area contributed by atoms with Crippen LogP contribution in [0.3, 0.4) is 0 Å². The van der Waals surface area contributed by atoms with Crippen LogP contribution in [-0.4, -0.2) is 56.4 Å². The molecule has 3 atom stereocenters. The van der Waals surface area contributed by atoms with E-state index < -0.39 is 0 Å². The summed E-state index contributed by atoms with van der Waals surface area (Å²) in [4.78, 5) is 14.3. The third-order valence-electron chi connectivity index (χ3n) is 4.42. The van der Waals surface area contributed by atoms with E-state index in [0.29, 0.717) is 31.6 Å². The van der Waals surface area contributed by atoms with Gasteiger partial charge in [-0.3, -0.25) is 9.69 Å². The Balaban J connectivity index is 1.39. The van der Waals surface area contributed by atoms with Gasteiger partial charge in [-0.1, -0.05) is 0 Å². The lowest BCUT2D eigenvalue weighted by molar-refractivity contribution is -0.124. The maximum absolute atomic E-state index is 11.8. The van der Waals surface area contributed by atoms with Crippen LogP contribution in [0.1, 0.15) is 18.4 Å². The molecule has 1 aromatic rings. The number of nitrogens with one attached hydrogen (secondary N) is 1. The minimum Gasteiger partial charge on any atom is -0.383 e. The minimum absolute atomic E-state index is 0.0668. The lowest BCUT2D eigenvalue weighted by atomic mass is 10.0. The van der Waals surface area contributed by atoms with Crippen LogP contribution in [0.2, 0.25) is 0 Å². The van der Waals surface area contributed by atoms with Crippen molar-refractivity contribution in [2.24, 2.45) is 5.92 Å². The molecule has 0 aromatic carbocycles. The van der Waals surface area contributed by atoms with Gasteiger partial charge in [0.2, 0.25) is 5.91 Å². The lowest BCUT2D eigenvalue weighted by Gasteiger charge is -2.18. The lowest BCUT2D eigenvalue weighted by Crippen LogP contribution is -2.31. The molecule has 2 aliphatic rings. The van der Waals surface area contributed by atoms with E-state index in [-0.39, 0.29) is 12.0 Å². The number of carbonyl (C=O) groups is 1. The number of thiophene rings is 1. The predicted octanol–water partition coefficient (Wildman–Crippen LogP) is 1.49. The molecule has 0 spiro atoms. The summed E-state index contributed by atoms with van der Waals surface area (Å²) < 4.78 is 11.0. The Labute approximate surface area is 135 Å². The quantitative estimate of drug-likeness (QED) is 0.772. The van der Waals surface area contributed by atoms with Crippen molar-refractivity contribution in [2.45, 2.75) is 31.6 Å². The number of rotatable bonds is 7. The zero-order chi connectivity index (χ0) is 15.4. The summed E-state index contributed by atoms with van der Waals surface area (Å²) in [6.07, 6.45) is 1.86. The number of methoxy groups -OCH3 is 1. The van der Waals surface area contributed by atoms with Crippen molar-refractivity contribution in [3.8, 4) is 0 Å². The largest absolute Gasteiger partial charge is 0.383 e.